The standard InChI is InChI=1S/C23H25ClN4O2/c1-28(13-5-8-19-14-21(27-30-19)16-6-3-2-4-7-16)23(29)20-15-25-26-22(20)17-9-11-18(24)12-10-17/h2-4,6-7,9-12,14,20,22,25-26H,5,8,13,15H2,1H3. The maximum Gasteiger partial charge on any atom is 0.228 e. The molecule has 1 saturated heterocycles. The van der Waals surface area contributed by atoms with E-state index in [1.807, 2.05) is 67.7 Å². The van der Waals surface area contributed by atoms with Crippen LogP contribution in [0.3, 0.4) is 0 Å². The molecule has 2 N–H and O–H groups in total. The van der Waals surface area contributed by atoms with Crippen molar-refractivity contribution < 1.29 is 9.32 Å². The summed E-state index contributed by atoms with van der Waals surface area (Å²) >= 11 is 5.99. The predicted octanol–water partition coefficient (Wildman–Crippen LogP) is 3.85. The van der Waals surface area contributed by atoms with Crippen LogP contribution >= 0.6 is 11.6 Å². The minimum absolute atomic E-state index is 0.0695. The minimum Gasteiger partial charge on any atom is -0.361 e. The lowest BCUT2D eigenvalue weighted by Crippen LogP contribution is -2.37. The highest BCUT2D eigenvalue weighted by molar-refractivity contribution is 6.30. The smallest absolute Gasteiger partial charge is 0.228 e. The average Bonchev–Trinajstić information content (AvgIpc) is 3.44. The Morgan fingerprint density at radius 2 is 1.97 bits per heavy atom. The molecule has 156 valence electrons. The van der Waals surface area contributed by atoms with E-state index in [1.54, 1.807) is 4.90 Å². The molecule has 4 rings (SSSR count). The van der Waals surface area contributed by atoms with Crippen LogP contribution in [0.5, 0.6) is 0 Å². The third-order valence-electron chi connectivity index (χ3n) is 5.45. The van der Waals surface area contributed by atoms with Crippen molar-refractivity contribution in [3.63, 3.8) is 0 Å². The Morgan fingerprint density at radius 3 is 2.73 bits per heavy atom. The van der Waals surface area contributed by atoms with Crippen molar-refractivity contribution in [3.05, 3.63) is 77.0 Å². The van der Waals surface area contributed by atoms with E-state index >= 15 is 0 Å². The first-order chi connectivity index (χ1) is 14.6. The van der Waals surface area contributed by atoms with Gasteiger partial charge in [-0.3, -0.25) is 10.2 Å². The second-order valence-corrected chi connectivity index (χ2v) is 8.01. The largest absolute Gasteiger partial charge is 0.361 e. The highest BCUT2D eigenvalue weighted by atomic mass is 35.5. The molecule has 2 heterocycles. The summed E-state index contributed by atoms with van der Waals surface area (Å²) in [5, 5.41) is 4.84. The van der Waals surface area contributed by atoms with E-state index in [1.165, 1.54) is 0 Å². The van der Waals surface area contributed by atoms with Crippen LogP contribution in [0.1, 0.15) is 23.8 Å². The summed E-state index contributed by atoms with van der Waals surface area (Å²) in [6.07, 6.45) is 1.55. The van der Waals surface area contributed by atoms with Crippen LogP contribution in [0.2, 0.25) is 5.02 Å². The van der Waals surface area contributed by atoms with E-state index in [2.05, 4.69) is 16.0 Å². The maximum absolute atomic E-state index is 13.0. The number of carbonyl (C=O) groups is 1. The van der Waals surface area contributed by atoms with Crippen LogP contribution < -0.4 is 10.9 Å². The van der Waals surface area contributed by atoms with Gasteiger partial charge >= 0.3 is 0 Å². The second kappa shape index (κ2) is 9.43. The topological polar surface area (TPSA) is 70.4 Å². The van der Waals surface area contributed by atoms with Gasteiger partial charge in [0.25, 0.3) is 0 Å². The Hall–Kier alpha value is -2.67. The Morgan fingerprint density at radius 1 is 1.20 bits per heavy atom. The van der Waals surface area contributed by atoms with E-state index in [4.69, 9.17) is 16.1 Å². The van der Waals surface area contributed by atoms with Gasteiger partial charge in [0.2, 0.25) is 5.91 Å². The van der Waals surface area contributed by atoms with Gasteiger partial charge in [0.1, 0.15) is 11.5 Å². The van der Waals surface area contributed by atoms with E-state index in [9.17, 15) is 4.79 Å². The van der Waals surface area contributed by atoms with Crippen LogP contribution in [0, 0.1) is 5.92 Å². The Labute approximate surface area is 181 Å². The Balaban J connectivity index is 1.30. The molecular formula is C23H25ClN4O2. The second-order valence-electron chi connectivity index (χ2n) is 7.57. The molecule has 2 atom stereocenters. The fraction of sp³-hybridized carbons (Fsp3) is 0.304. The Kier molecular flexibility index (Phi) is 6.47. The summed E-state index contributed by atoms with van der Waals surface area (Å²) in [4.78, 5) is 14.8. The molecule has 7 heteroatoms. The van der Waals surface area contributed by atoms with Crippen LogP contribution in [0.25, 0.3) is 11.3 Å². The summed E-state index contributed by atoms with van der Waals surface area (Å²) in [6, 6.07) is 19.5. The zero-order valence-electron chi connectivity index (χ0n) is 16.8. The number of halogens is 1. The minimum atomic E-state index is -0.161. The summed E-state index contributed by atoms with van der Waals surface area (Å²) in [5.74, 6) is 0.791. The van der Waals surface area contributed by atoms with Crippen molar-refractivity contribution in [2.24, 2.45) is 5.92 Å². The molecule has 0 spiro atoms. The molecule has 0 aliphatic carbocycles. The Bertz CT molecular complexity index is 974. The molecule has 30 heavy (non-hydrogen) atoms. The molecule has 1 amide bonds. The van der Waals surface area contributed by atoms with Gasteiger partial charge in [0.05, 0.1) is 12.0 Å². The van der Waals surface area contributed by atoms with E-state index < -0.39 is 0 Å². The lowest BCUT2D eigenvalue weighted by Gasteiger charge is -2.24. The fourth-order valence-electron chi connectivity index (χ4n) is 3.77. The lowest BCUT2D eigenvalue weighted by atomic mass is 9.93. The number of aryl methyl sites for hydroxylation is 1. The number of hydrogen-bond donors (Lipinski definition) is 2. The zero-order chi connectivity index (χ0) is 20.9. The molecule has 1 aliphatic rings. The van der Waals surface area contributed by atoms with E-state index in [-0.39, 0.29) is 17.9 Å². The zero-order valence-corrected chi connectivity index (χ0v) is 17.6. The SMILES string of the molecule is CN(CCCc1cc(-c2ccccc2)no1)C(=O)C1CNNC1c1ccc(Cl)cc1. The third-order valence-corrected chi connectivity index (χ3v) is 5.70. The van der Waals surface area contributed by atoms with Crippen LogP contribution in [0.15, 0.2) is 65.2 Å². The first kappa shape index (κ1) is 20.6. The van der Waals surface area contributed by atoms with Gasteiger partial charge in [-0.1, -0.05) is 59.2 Å². The van der Waals surface area contributed by atoms with Crippen molar-refractivity contribution in [1.29, 1.82) is 0 Å². The number of aromatic nitrogens is 1. The number of benzene rings is 2. The normalized spacial score (nSPS) is 18.5. The predicted molar refractivity (Wildman–Crippen MR) is 117 cm³/mol. The van der Waals surface area contributed by atoms with Gasteiger partial charge < -0.3 is 9.42 Å². The molecule has 2 unspecified atom stereocenters. The van der Waals surface area contributed by atoms with Crippen LogP contribution in [0.4, 0.5) is 0 Å². The van der Waals surface area contributed by atoms with Gasteiger partial charge in [-0.05, 0) is 24.1 Å². The average molecular weight is 425 g/mol. The molecule has 1 fully saturated rings. The maximum atomic E-state index is 13.0. The molecular weight excluding hydrogens is 400 g/mol. The van der Waals surface area contributed by atoms with Crippen molar-refractivity contribution in [2.45, 2.75) is 18.9 Å². The van der Waals surface area contributed by atoms with Crippen LogP contribution in [-0.4, -0.2) is 36.1 Å². The summed E-state index contributed by atoms with van der Waals surface area (Å²) in [6.45, 7) is 1.25. The van der Waals surface area contributed by atoms with Gasteiger partial charge in [0, 0.05) is 43.2 Å². The molecule has 1 aliphatic heterocycles. The lowest BCUT2D eigenvalue weighted by molar-refractivity contribution is -0.134. The molecule has 0 bridgehead atoms. The molecule has 2 aromatic carbocycles. The number of nitrogens with zero attached hydrogens (tertiary/aromatic N) is 2. The monoisotopic (exact) mass is 424 g/mol. The first-order valence-corrected chi connectivity index (χ1v) is 10.5. The number of carbonyl (C=O) groups excluding carboxylic acids is 1. The van der Waals surface area contributed by atoms with Gasteiger partial charge in [-0.15, -0.1) is 0 Å². The highest BCUT2D eigenvalue weighted by Crippen LogP contribution is 2.27. The van der Waals surface area contributed by atoms with Crippen molar-refractivity contribution in [3.8, 4) is 11.3 Å². The van der Waals surface area contributed by atoms with Crippen molar-refractivity contribution in [1.82, 2.24) is 20.9 Å². The number of nitrogens with one attached hydrogen (secondary N) is 2. The van der Waals surface area contributed by atoms with Crippen molar-refractivity contribution >= 4 is 17.5 Å². The van der Waals surface area contributed by atoms with Gasteiger partial charge in [-0.25, -0.2) is 5.43 Å². The number of hydrazine groups is 1. The summed E-state index contributed by atoms with van der Waals surface area (Å²) < 4.78 is 5.46. The number of rotatable bonds is 7. The quantitative estimate of drug-likeness (QED) is 0.602. The molecule has 0 saturated carbocycles. The van der Waals surface area contributed by atoms with Gasteiger partial charge in [0.15, 0.2) is 0 Å². The molecule has 1 aromatic heterocycles. The van der Waals surface area contributed by atoms with E-state index in [0.717, 1.165) is 35.4 Å². The summed E-state index contributed by atoms with van der Waals surface area (Å²) in [7, 11) is 1.86. The first-order valence-electron chi connectivity index (χ1n) is 10.1. The van der Waals surface area contributed by atoms with Crippen LogP contribution in [-0.2, 0) is 11.2 Å². The van der Waals surface area contributed by atoms with Gasteiger partial charge in [-0.2, -0.15) is 0 Å². The van der Waals surface area contributed by atoms with E-state index in [0.29, 0.717) is 18.1 Å². The number of amides is 1. The molecule has 0 radical (unpaired) electrons. The van der Waals surface area contributed by atoms with Crippen molar-refractivity contribution in [2.75, 3.05) is 20.1 Å². The third kappa shape index (κ3) is 4.73. The molecule has 3 aromatic rings. The summed E-state index contributed by atoms with van der Waals surface area (Å²) in [5.41, 5.74) is 9.25. The molecule has 6 nitrogen and oxygen atoms in total. The fourth-order valence-corrected chi connectivity index (χ4v) is 3.90. The number of hydrogen-bond acceptors (Lipinski definition) is 5. The highest BCUT2D eigenvalue weighted by Gasteiger charge is 2.35.